The Hall–Kier alpha value is -2.14. The number of halogens is 2. The standard InChI is InChI=1S/C14H14ClFN2O2/c1-9(19)11(14(20-3)8-17-2)7-18-10-4-5-13(16)12(15)6-10/h4-8,19H,2H2,1,3H3/b11-9?,14-8+,18-7+. The number of rotatable bonds is 5. The topological polar surface area (TPSA) is 54.2 Å². The van der Waals surface area contributed by atoms with E-state index in [9.17, 15) is 9.50 Å². The second-order valence-electron chi connectivity index (χ2n) is 3.74. The van der Waals surface area contributed by atoms with Gasteiger partial charge in [0.1, 0.15) is 17.3 Å². The highest BCUT2D eigenvalue weighted by Gasteiger charge is 2.07. The molecule has 0 saturated carbocycles. The third-order valence-corrected chi connectivity index (χ3v) is 2.62. The van der Waals surface area contributed by atoms with E-state index in [0.717, 1.165) is 0 Å². The molecule has 0 aromatic heterocycles. The van der Waals surface area contributed by atoms with Crippen LogP contribution in [0.1, 0.15) is 6.92 Å². The van der Waals surface area contributed by atoms with E-state index in [1.807, 2.05) is 0 Å². The number of ether oxygens (including phenoxy) is 1. The zero-order chi connectivity index (χ0) is 15.1. The van der Waals surface area contributed by atoms with Crippen molar-refractivity contribution in [3.05, 3.63) is 52.3 Å². The first-order valence-corrected chi connectivity index (χ1v) is 5.96. The van der Waals surface area contributed by atoms with Crippen molar-refractivity contribution in [1.82, 2.24) is 0 Å². The minimum atomic E-state index is -0.520. The summed E-state index contributed by atoms with van der Waals surface area (Å²) in [5.74, 6) is -0.219. The van der Waals surface area contributed by atoms with E-state index >= 15 is 0 Å². The summed E-state index contributed by atoms with van der Waals surface area (Å²) in [6, 6.07) is 4.05. The highest BCUT2D eigenvalue weighted by Crippen LogP contribution is 2.22. The highest BCUT2D eigenvalue weighted by atomic mass is 35.5. The number of aliphatic imine (C=N–C) groups is 2. The molecule has 1 aromatic carbocycles. The van der Waals surface area contributed by atoms with E-state index in [0.29, 0.717) is 17.0 Å². The van der Waals surface area contributed by atoms with Gasteiger partial charge < -0.3 is 9.84 Å². The van der Waals surface area contributed by atoms with Crippen LogP contribution in [0, 0.1) is 5.82 Å². The lowest BCUT2D eigenvalue weighted by atomic mass is 10.2. The Bertz CT molecular complexity index is 591. The fourth-order valence-corrected chi connectivity index (χ4v) is 1.53. The van der Waals surface area contributed by atoms with Crippen molar-refractivity contribution < 1.29 is 14.2 Å². The van der Waals surface area contributed by atoms with Gasteiger partial charge in [0.25, 0.3) is 0 Å². The van der Waals surface area contributed by atoms with E-state index in [2.05, 4.69) is 16.7 Å². The first kappa shape index (κ1) is 15.9. The second kappa shape index (κ2) is 7.45. The summed E-state index contributed by atoms with van der Waals surface area (Å²) in [4.78, 5) is 7.68. The van der Waals surface area contributed by atoms with Gasteiger partial charge in [0.05, 0.1) is 29.6 Å². The number of nitrogens with zero attached hydrogens (tertiary/aromatic N) is 2. The highest BCUT2D eigenvalue weighted by molar-refractivity contribution is 6.31. The van der Waals surface area contributed by atoms with Crippen molar-refractivity contribution in [2.45, 2.75) is 6.92 Å². The number of aliphatic hydroxyl groups excluding tert-OH is 1. The molecule has 0 radical (unpaired) electrons. The van der Waals surface area contributed by atoms with Gasteiger partial charge in [-0.3, -0.25) is 9.98 Å². The molecular weight excluding hydrogens is 283 g/mol. The molecule has 0 aliphatic carbocycles. The molecule has 6 heteroatoms. The maximum absolute atomic E-state index is 13.0. The van der Waals surface area contributed by atoms with Crippen molar-refractivity contribution in [1.29, 1.82) is 0 Å². The van der Waals surface area contributed by atoms with Crippen molar-refractivity contribution in [3.8, 4) is 0 Å². The average molecular weight is 297 g/mol. The monoisotopic (exact) mass is 296 g/mol. The van der Waals surface area contributed by atoms with E-state index in [1.165, 1.54) is 44.6 Å². The van der Waals surface area contributed by atoms with Gasteiger partial charge >= 0.3 is 0 Å². The molecule has 0 fully saturated rings. The molecule has 1 rings (SSSR count). The Labute approximate surface area is 121 Å². The van der Waals surface area contributed by atoms with E-state index in [-0.39, 0.29) is 10.8 Å². The molecule has 0 spiro atoms. The van der Waals surface area contributed by atoms with Crippen LogP contribution in [0.25, 0.3) is 0 Å². The Morgan fingerprint density at radius 2 is 2.20 bits per heavy atom. The van der Waals surface area contributed by atoms with E-state index < -0.39 is 5.82 Å². The van der Waals surface area contributed by atoms with E-state index in [1.54, 1.807) is 0 Å². The Morgan fingerprint density at radius 1 is 1.50 bits per heavy atom. The summed E-state index contributed by atoms with van der Waals surface area (Å²) in [6.07, 6.45) is 2.72. The summed E-state index contributed by atoms with van der Waals surface area (Å²) in [5.41, 5.74) is 0.775. The van der Waals surface area contributed by atoms with E-state index in [4.69, 9.17) is 16.3 Å². The first-order valence-electron chi connectivity index (χ1n) is 5.59. The molecule has 1 N–H and O–H groups in total. The Morgan fingerprint density at radius 3 is 2.70 bits per heavy atom. The maximum atomic E-state index is 13.0. The third-order valence-electron chi connectivity index (χ3n) is 2.33. The number of hydrogen-bond donors (Lipinski definition) is 1. The SMILES string of the molecule is C=N/C=C(/OC)C(/C=N/c1ccc(F)c(Cl)c1)=C(C)O. The molecule has 0 aliphatic rings. The van der Waals surface area contributed by atoms with Gasteiger partial charge in [-0.15, -0.1) is 0 Å². The van der Waals surface area contributed by atoms with Crippen molar-refractivity contribution in [2.75, 3.05) is 7.11 Å². The van der Waals surface area contributed by atoms with Crippen LogP contribution in [-0.4, -0.2) is 25.1 Å². The summed E-state index contributed by atoms with van der Waals surface area (Å²) in [7, 11) is 1.43. The van der Waals surface area contributed by atoms with Crippen molar-refractivity contribution in [2.24, 2.45) is 9.98 Å². The van der Waals surface area contributed by atoms with Crippen LogP contribution >= 0.6 is 11.6 Å². The third kappa shape index (κ3) is 4.20. The van der Waals surface area contributed by atoms with Crippen LogP contribution in [0.2, 0.25) is 5.02 Å². The van der Waals surface area contributed by atoms with Crippen molar-refractivity contribution in [3.63, 3.8) is 0 Å². The molecular formula is C14H14ClFN2O2. The molecule has 0 bridgehead atoms. The predicted octanol–water partition coefficient (Wildman–Crippen LogP) is 4.20. The van der Waals surface area contributed by atoms with Gasteiger partial charge in [0.15, 0.2) is 0 Å². The lowest BCUT2D eigenvalue weighted by Gasteiger charge is -2.06. The largest absolute Gasteiger partial charge is 0.512 e. The summed E-state index contributed by atoms with van der Waals surface area (Å²) >= 11 is 5.66. The quantitative estimate of drug-likeness (QED) is 0.503. The molecule has 0 aliphatic heterocycles. The number of allylic oxidation sites excluding steroid dienone is 2. The molecule has 0 saturated heterocycles. The molecule has 106 valence electrons. The molecule has 0 atom stereocenters. The normalized spacial score (nSPS) is 13.3. The molecule has 20 heavy (non-hydrogen) atoms. The van der Waals surface area contributed by atoms with Crippen LogP contribution in [-0.2, 0) is 4.74 Å². The van der Waals surface area contributed by atoms with Gasteiger partial charge in [0, 0.05) is 6.21 Å². The number of methoxy groups -OCH3 is 1. The van der Waals surface area contributed by atoms with Crippen molar-refractivity contribution >= 4 is 30.2 Å². The number of hydrogen-bond acceptors (Lipinski definition) is 4. The summed E-state index contributed by atoms with van der Waals surface area (Å²) in [5, 5.41) is 9.61. The average Bonchev–Trinajstić information content (AvgIpc) is 2.41. The van der Waals surface area contributed by atoms with Gasteiger partial charge in [-0.25, -0.2) is 4.39 Å². The number of benzene rings is 1. The fraction of sp³-hybridized carbons (Fsp3) is 0.143. The maximum Gasteiger partial charge on any atom is 0.149 e. The Kier molecular flexibility index (Phi) is 5.93. The van der Waals surface area contributed by atoms with Gasteiger partial charge in [-0.1, -0.05) is 11.6 Å². The minimum absolute atomic E-state index is 0.00120. The van der Waals surface area contributed by atoms with Crippen LogP contribution in [0.15, 0.2) is 51.5 Å². The molecule has 0 heterocycles. The predicted molar refractivity (Wildman–Crippen MR) is 79.5 cm³/mol. The Balaban J connectivity index is 3.11. The van der Waals surface area contributed by atoms with Crippen LogP contribution < -0.4 is 0 Å². The molecule has 0 amide bonds. The van der Waals surface area contributed by atoms with Crippen LogP contribution in [0.4, 0.5) is 10.1 Å². The van der Waals surface area contributed by atoms with Gasteiger partial charge in [-0.2, -0.15) is 0 Å². The second-order valence-corrected chi connectivity index (χ2v) is 4.14. The zero-order valence-corrected chi connectivity index (χ0v) is 11.9. The molecule has 1 aromatic rings. The zero-order valence-electron chi connectivity index (χ0n) is 11.1. The van der Waals surface area contributed by atoms with Gasteiger partial charge in [0.2, 0.25) is 0 Å². The summed E-state index contributed by atoms with van der Waals surface area (Å²) < 4.78 is 18.1. The molecule has 4 nitrogen and oxygen atoms in total. The smallest absolute Gasteiger partial charge is 0.149 e. The fourth-order valence-electron chi connectivity index (χ4n) is 1.35. The van der Waals surface area contributed by atoms with Crippen LogP contribution in [0.5, 0.6) is 0 Å². The minimum Gasteiger partial charge on any atom is -0.512 e. The van der Waals surface area contributed by atoms with Gasteiger partial charge in [-0.05, 0) is 31.8 Å². The first-order chi connectivity index (χ1) is 9.49. The number of aliphatic hydroxyl groups is 1. The molecule has 0 unspecified atom stereocenters. The summed E-state index contributed by atoms with van der Waals surface area (Å²) in [6.45, 7) is 4.80. The lowest BCUT2D eigenvalue weighted by Crippen LogP contribution is -1.97. The van der Waals surface area contributed by atoms with Crippen LogP contribution in [0.3, 0.4) is 0 Å². The lowest BCUT2D eigenvalue weighted by molar-refractivity contribution is 0.297.